The smallest absolute Gasteiger partial charge is 0.131 e. The number of aromatic hydroxyl groups is 2. The summed E-state index contributed by atoms with van der Waals surface area (Å²) in [5, 5.41) is 26.0. The molecule has 0 fully saturated rings. The first kappa shape index (κ1) is 28.3. The average molecular weight is 602 g/mol. The average Bonchev–Trinajstić information content (AvgIpc) is 3.57. The third-order valence-electron chi connectivity index (χ3n) is 8.12. The van der Waals surface area contributed by atoms with E-state index in [0.29, 0.717) is 0 Å². The molecule has 1 aromatic heterocycles. The van der Waals surface area contributed by atoms with Gasteiger partial charge in [0, 0.05) is 38.8 Å². The first-order chi connectivity index (χ1) is 22.0. The lowest BCUT2D eigenvalue weighted by Crippen LogP contribution is -1.91. The number of hydrogen-bond donors (Lipinski definition) is 2. The van der Waals surface area contributed by atoms with E-state index in [1.165, 1.54) is 0 Å². The molecule has 0 saturated heterocycles. The van der Waals surface area contributed by atoms with Crippen molar-refractivity contribution in [2.24, 2.45) is 0 Å². The quantitative estimate of drug-likeness (QED) is 0.199. The Labute approximate surface area is 267 Å². The summed E-state index contributed by atoms with van der Waals surface area (Å²) in [5.74, 6) is 0.509. The fourth-order valence-corrected chi connectivity index (χ4v) is 6.87. The van der Waals surface area contributed by atoms with E-state index in [1.807, 2.05) is 121 Å². The van der Waals surface area contributed by atoms with E-state index in [4.69, 9.17) is 4.98 Å². The maximum atomic E-state index is 11.5. The lowest BCUT2D eigenvalue weighted by molar-refractivity contribution is 0.478. The molecule has 1 heterocycles. The second-order valence-corrected chi connectivity index (χ2v) is 12.1. The van der Waals surface area contributed by atoms with E-state index in [9.17, 15) is 10.2 Å². The van der Waals surface area contributed by atoms with Gasteiger partial charge in [0.1, 0.15) is 16.5 Å². The first-order valence-electron chi connectivity index (χ1n) is 14.9. The van der Waals surface area contributed by atoms with E-state index in [1.54, 1.807) is 11.3 Å². The Kier molecular flexibility index (Phi) is 7.50. The summed E-state index contributed by atoms with van der Waals surface area (Å²) in [6.45, 7) is 4.11. The molecule has 0 spiro atoms. The minimum atomic E-state index is 0.254. The molecular weight excluding hydrogens is 571 g/mol. The molecule has 0 saturated carbocycles. The monoisotopic (exact) mass is 601 g/mol. The van der Waals surface area contributed by atoms with Gasteiger partial charge in [-0.15, -0.1) is 11.3 Å². The number of benzene rings is 6. The van der Waals surface area contributed by atoms with E-state index >= 15 is 0 Å². The number of aryl methyl sites for hydroxylation is 2. The van der Waals surface area contributed by atoms with Crippen LogP contribution in [0.25, 0.3) is 66.3 Å². The van der Waals surface area contributed by atoms with Crippen LogP contribution in [0.1, 0.15) is 11.1 Å². The van der Waals surface area contributed by atoms with Crippen LogP contribution in [0.15, 0.2) is 139 Å². The Morgan fingerprint density at radius 3 is 1.36 bits per heavy atom. The van der Waals surface area contributed by atoms with Crippen molar-refractivity contribution in [1.29, 1.82) is 0 Å². The number of rotatable bonds is 6. The minimum absolute atomic E-state index is 0.254. The van der Waals surface area contributed by atoms with E-state index < -0.39 is 0 Å². The zero-order chi connectivity index (χ0) is 30.9. The predicted molar refractivity (Wildman–Crippen MR) is 188 cm³/mol. The molecule has 7 aromatic rings. The second kappa shape index (κ2) is 11.9. The summed E-state index contributed by atoms with van der Waals surface area (Å²) in [5.41, 5.74) is 11.8. The van der Waals surface area contributed by atoms with Crippen molar-refractivity contribution in [1.82, 2.24) is 4.98 Å². The Balaban J connectivity index is 1.33. The van der Waals surface area contributed by atoms with Gasteiger partial charge in [-0.1, -0.05) is 109 Å². The molecule has 0 aliphatic rings. The Morgan fingerprint density at radius 2 is 0.844 bits per heavy atom. The maximum Gasteiger partial charge on any atom is 0.131 e. The third kappa shape index (κ3) is 5.41. The van der Waals surface area contributed by atoms with Gasteiger partial charge in [0.2, 0.25) is 0 Å². The maximum absolute atomic E-state index is 11.5. The molecule has 0 radical (unpaired) electrons. The highest BCUT2D eigenvalue weighted by Crippen LogP contribution is 2.46. The van der Waals surface area contributed by atoms with Gasteiger partial charge in [0.15, 0.2) is 0 Å². The SMILES string of the molecule is Cc1cc(-c2ccccc2)c(O)c(-c2ccccc2-c2csc(-c3ccccc3-c3cc(C)cc(-c4ccccc4)c3O)n2)c1. The van der Waals surface area contributed by atoms with Gasteiger partial charge in [0.25, 0.3) is 0 Å². The Hall–Kier alpha value is -5.45. The van der Waals surface area contributed by atoms with Crippen molar-refractivity contribution in [3.05, 3.63) is 150 Å². The highest BCUT2D eigenvalue weighted by molar-refractivity contribution is 7.13. The van der Waals surface area contributed by atoms with E-state index in [2.05, 4.69) is 31.4 Å². The van der Waals surface area contributed by atoms with Gasteiger partial charge < -0.3 is 10.2 Å². The van der Waals surface area contributed by atoms with Gasteiger partial charge in [-0.3, -0.25) is 0 Å². The number of phenols is 2. The summed E-state index contributed by atoms with van der Waals surface area (Å²) in [4.78, 5) is 5.14. The predicted octanol–water partition coefficient (Wildman–Crippen LogP) is 11.2. The molecule has 0 aliphatic carbocycles. The summed E-state index contributed by atoms with van der Waals surface area (Å²) < 4.78 is 0. The summed E-state index contributed by atoms with van der Waals surface area (Å²) in [7, 11) is 0. The lowest BCUT2D eigenvalue weighted by Gasteiger charge is -2.15. The molecule has 2 N–H and O–H groups in total. The molecule has 6 aromatic carbocycles. The van der Waals surface area contributed by atoms with Crippen LogP contribution < -0.4 is 0 Å². The van der Waals surface area contributed by atoms with Crippen LogP contribution in [0, 0.1) is 13.8 Å². The van der Waals surface area contributed by atoms with Crippen LogP contribution in [0.3, 0.4) is 0 Å². The molecule has 0 unspecified atom stereocenters. The van der Waals surface area contributed by atoms with Gasteiger partial charge in [-0.25, -0.2) is 4.98 Å². The van der Waals surface area contributed by atoms with E-state index in [0.717, 1.165) is 77.5 Å². The van der Waals surface area contributed by atoms with Crippen molar-refractivity contribution >= 4 is 11.3 Å². The summed E-state index contributed by atoms with van der Waals surface area (Å²) in [6, 6.07) is 44.3. The number of nitrogens with zero attached hydrogens (tertiary/aromatic N) is 1. The van der Waals surface area contributed by atoms with Crippen LogP contribution in [-0.2, 0) is 0 Å². The fourth-order valence-electron chi connectivity index (χ4n) is 6.01. The zero-order valence-corrected chi connectivity index (χ0v) is 25.8. The van der Waals surface area contributed by atoms with Crippen molar-refractivity contribution < 1.29 is 10.2 Å². The first-order valence-corrected chi connectivity index (χ1v) is 15.8. The van der Waals surface area contributed by atoms with Crippen molar-refractivity contribution in [3.8, 4) is 77.8 Å². The minimum Gasteiger partial charge on any atom is -0.507 e. The highest BCUT2D eigenvalue weighted by Gasteiger charge is 2.20. The second-order valence-electron chi connectivity index (χ2n) is 11.3. The molecule has 0 amide bonds. The summed E-state index contributed by atoms with van der Waals surface area (Å²) >= 11 is 1.57. The standard InChI is InChI=1S/C41H31NO2S/c1-26-21-34(28-13-5-3-6-14-28)39(43)36(23-26)30-17-9-11-19-32(30)38-25-45-41(42-38)33-20-12-10-18-31(33)37-24-27(2)22-35(40(37)44)29-15-7-4-8-16-29/h3-25,43-44H,1-2H3. The molecule has 4 heteroatoms. The molecule has 7 rings (SSSR count). The normalized spacial score (nSPS) is 11.1. The van der Waals surface area contributed by atoms with Crippen molar-refractivity contribution in [3.63, 3.8) is 0 Å². The number of aromatic nitrogens is 1. The summed E-state index contributed by atoms with van der Waals surface area (Å²) in [6.07, 6.45) is 0. The van der Waals surface area contributed by atoms with Crippen molar-refractivity contribution in [2.75, 3.05) is 0 Å². The zero-order valence-electron chi connectivity index (χ0n) is 25.0. The Morgan fingerprint density at radius 1 is 0.444 bits per heavy atom. The molecule has 0 aliphatic heterocycles. The third-order valence-corrected chi connectivity index (χ3v) is 9.00. The van der Waals surface area contributed by atoms with Gasteiger partial charge in [-0.05, 0) is 71.5 Å². The number of thiazole rings is 1. The van der Waals surface area contributed by atoms with Crippen LogP contribution >= 0.6 is 11.3 Å². The van der Waals surface area contributed by atoms with Crippen LogP contribution in [0.5, 0.6) is 11.5 Å². The van der Waals surface area contributed by atoms with E-state index in [-0.39, 0.29) is 11.5 Å². The molecular formula is C41H31NO2S. The van der Waals surface area contributed by atoms with Crippen LogP contribution in [-0.4, -0.2) is 15.2 Å². The van der Waals surface area contributed by atoms with Crippen LogP contribution in [0.2, 0.25) is 0 Å². The molecule has 0 atom stereocenters. The largest absolute Gasteiger partial charge is 0.507 e. The number of hydrogen-bond acceptors (Lipinski definition) is 4. The van der Waals surface area contributed by atoms with Gasteiger partial charge >= 0.3 is 0 Å². The van der Waals surface area contributed by atoms with Gasteiger partial charge in [-0.2, -0.15) is 0 Å². The fraction of sp³-hybridized carbons (Fsp3) is 0.0488. The van der Waals surface area contributed by atoms with Crippen LogP contribution in [0.4, 0.5) is 0 Å². The molecule has 218 valence electrons. The molecule has 3 nitrogen and oxygen atoms in total. The molecule has 45 heavy (non-hydrogen) atoms. The van der Waals surface area contributed by atoms with Crippen molar-refractivity contribution in [2.45, 2.75) is 13.8 Å². The lowest BCUT2D eigenvalue weighted by atomic mass is 9.91. The van der Waals surface area contributed by atoms with Gasteiger partial charge in [0.05, 0.1) is 5.69 Å². The highest BCUT2D eigenvalue weighted by atomic mass is 32.1. The Bertz CT molecular complexity index is 2000. The molecule has 0 bridgehead atoms. The topological polar surface area (TPSA) is 53.4 Å². The number of phenolic OH excluding ortho intramolecular Hbond substituents is 2.